The molecule has 3 N–H and O–H groups in total. The number of nitrogen functional groups attached to an aromatic ring is 1. The molecule has 0 aromatic carbocycles. The van der Waals surface area contributed by atoms with Crippen molar-refractivity contribution in [3.8, 4) is 11.4 Å². The maximum atomic E-state index is 11.7. The third-order valence-corrected chi connectivity index (χ3v) is 5.61. The summed E-state index contributed by atoms with van der Waals surface area (Å²) >= 11 is 0. The molecule has 114 valence electrons. The molecule has 1 fully saturated rings. The lowest BCUT2D eigenvalue weighted by molar-refractivity contribution is 0.507. The first-order chi connectivity index (χ1) is 10.0. The molecule has 2 aromatic heterocycles. The van der Waals surface area contributed by atoms with Gasteiger partial charge in [-0.15, -0.1) is 0 Å². The molecule has 3 heterocycles. The quantitative estimate of drug-likeness (QED) is 0.881. The van der Waals surface area contributed by atoms with Crippen molar-refractivity contribution in [3.63, 3.8) is 0 Å². The molecule has 0 saturated carbocycles. The van der Waals surface area contributed by atoms with E-state index < -0.39 is 9.84 Å². The predicted octanol–water partition coefficient (Wildman–Crippen LogP) is 1.17. The third-order valence-electron chi connectivity index (χ3n) is 3.86. The zero-order chi connectivity index (χ0) is 15.0. The van der Waals surface area contributed by atoms with Crippen LogP contribution in [0.2, 0.25) is 0 Å². The van der Waals surface area contributed by atoms with Gasteiger partial charge in [-0.3, -0.25) is 5.10 Å². The van der Waals surface area contributed by atoms with Crippen LogP contribution >= 0.6 is 0 Å². The average Bonchev–Trinajstić information content (AvgIpc) is 3.12. The fourth-order valence-electron chi connectivity index (χ4n) is 2.83. The summed E-state index contributed by atoms with van der Waals surface area (Å²) < 4.78 is 25.0. The van der Waals surface area contributed by atoms with Crippen molar-refractivity contribution in [1.82, 2.24) is 20.0 Å². The highest BCUT2D eigenvalue weighted by molar-refractivity contribution is 7.91. The van der Waals surface area contributed by atoms with Gasteiger partial charge >= 0.3 is 0 Å². The third kappa shape index (κ3) is 2.55. The Balaban J connectivity index is 2.04. The van der Waals surface area contributed by atoms with E-state index in [4.69, 9.17) is 5.73 Å². The monoisotopic (exact) mass is 309 g/mol. The van der Waals surface area contributed by atoms with Gasteiger partial charge in [0.15, 0.2) is 9.84 Å². The summed E-state index contributed by atoms with van der Waals surface area (Å²) in [6.45, 7) is 2.08. The molecule has 1 aliphatic rings. The number of aromatic amines is 1. The predicted molar refractivity (Wildman–Crippen MR) is 80.5 cm³/mol. The smallest absolute Gasteiger partial charge is 0.152 e. The normalized spacial score (nSPS) is 20.9. The van der Waals surface area contributed by atoms with Gasteiger partial charge in [-0.1, -0.05) is 13.3 Å². The summed E-state index contributed by atoms with van der Waals surface area (Å²) in [5.74, 6) is 0.898. The van der Waals surface area contributed by atoms with Gasteiger partial charge in [-0.05, 0) is 18.9 Å². The molecule has 1 unspecified atom stereocenters. The van der Waals surface area contributed by atoms with Gasteiger partial charge in [-0.2, -0.15) is 10.2 Å². The lowest BCUT2D eigenvalue weighted by Crippen LogP contribution is -2.15. The number of hydrogen-bond acceptors (Lipinski definition) is 5. The molecule has 0 amide bonds. The summed E-state index contributed by atoms with van der Waals surface area (Å²) in [4.78, 5) is 0. The lowest BCUT2D eigenvalue weighted by Gasteiger charge is -2.10. The maximum Gasteiger partial charge on any atom is 0.152 e. The van der Waals surface area contributed by atoms with Gasteiger partial charge in [-0.25, -0.2) is 13.1 Å². The first-order valence-electron chi connectivity index (χ1n) is 7.09. The number of hydrogen-bond donors (Lipinski definition) is 2. The van der Waals surface area contributed by atoms with Gasteiger partial charge in [0.05, 0.1) is 23.2 Å². The van der Waals surface area contributed by atoms with Crippen molar-refractivity contribution in [3.05, 3.63) is 17.8 Å². The van der Waals surface area contributed by atoms with Crippen LogP contribution in [0.4, 0.5) is 5.82 Å². The second kappa shape index (κ2) is 5.18. The fraction of sp³-hybridized carbons (Fsp3) is 0.538. The molecule has 3 rings (SSSR count). The molecule has 0 spiro atoms. The van der Waals surface area contributed by atoms with E-state index in [2.05, 4.69) is 22.2 Å². The van der Waals surface area contributed by atoms with Gasteiger partial charge < -0.3 is 5.73 Å². The van der Waals surface area contributed by atoms with E-state index in [0.717, 1.165) is 29.8 Å². The highest BCUT2D eigenvalue weighted by Gasteiger charge is 2.32. The minimum absolute atomic E-state index is 0.118. The number of H-pyrrole nitrogens is 1. The van der Waals surface area contributed by atoms with E-state index in [-0.39, 0.29) is 17.5 Å². The number of rotatable bonds is 4. The van der Waals surface area contributed by atoms with Crippen LogP contribution in [0, 0.1) is 0 Å². The van der Waals surface area contributed by atoms with Crippen molar-refractivity contribution < 1.29 is 8.42 Å². The Hall–Kier alpha value is -1.83. The molecule has 0 radical (unpaired) electrons. The molecule has 7 nitrogen and oxygen atoms in total. The van der Waals surface area contributed by atoms with Crippen LogP contribution in [0.25, 0.3) is 11.4 Å². The van der Waals surface area contributed by atoms with Crippen molar-refractivity contribution in [1.29, 1.82) is 0 Å². The number of sulfone groups is 1. The molecule has 2 aromatic rings. The zero-order valence-corrected chi connectivity index (χ0v) is 12.7. The Morgan fingerprint density at radius 2 is 2.33 bits per heavy atom. The van der Waals surface area contributed by atoms with Crippen LogP contribution in [0.3, 0.4) is 0 Å². The number of nitrogens with zero attached hydrogens (tertiary/aromatic N) is 3. The van der Waals surface area contributed by atoms with E-state index in [1.165, 1.54) is 0 Å². The summed E-state index contributed by atoms with van der Waals surface area (Å²) in [6.07, 6.45) is 3.99. The SMILES string of the molecule is CCCc1c(-c2ccn[nH]2)nn(C2CCS(=O)(=O)C2)c1N. The summed E-state index contributed by atoms with van der Waals surface area (Å²) in [5.41, 5.74) is 8.78. The Kier molecular flexibility index (Phi) is 3.48. The number of nitrogens with two attached hydrogens (primary N) is 1. The summed E-state index contributed by atoms with van der Waals surface area (Å²) in [5, 5.41) is 11.4. The molecule has 0 aliphatic carbocycles. The van der Waals surface area contributed by atoms with Crippen LogP contribution in [0.5, 0.6) is 0 Å². The van der Waals surface area contributed by atoms with Crippen LogP contribution in [0.15, 0.2) is 12.3 Å². The Morgan fingerprint density at radius 3 is 2.90 bits per heavy atom. The Morgan fingerprint density at radius 1 is 1.52 bits per heavy atom. The van der Waals surface area contributed by atoms with Gasteiger partial charge in [0, 0.05) is 11.8 Å². The Bertz CT molecular complexity index is 733. The first kappa shape index (κ1) is 14.1. The van der Waals surface area contributed by atoms with Crippen LogP contribution in [-0.4, -0.2) is 39.9 Å². The lowest BCUT2D eigenvalue weighted by atomic mass is 10.1. The zero-order valence-electron chi connectivity index (χ0n) is 11.9. The second-order valence-corrected chi connectivity index (χ2v) is 7.66. The number of nitrogens with one attached hydrogen (secondary N) is 1. The van der Waals surface area contributed by atoms with Crippen molar-refractivity contribution in [2.75, 3.05) is 17.2 Å². The fourth-order valence-corrected chi connectivity index (χ4v) is 4.52. The van der Waals surface area contributed by atoms with E-state index in [1.807, 2.05) is 6.07 Å². The minimum Gasteiger partial charge on any atom is -0.384 e. The van der Waals surface area contributed by atoms with E-state index in [0.29, 0.717) is 12.2 Å². The van der Waals surface area contributed by atoms with Crippen molar-refractivity contribution >= 4 is 15.7 Å². The van der Waals surface area contributed by atoms with Crippen LogP contribution in [-0.2, 0) is 16.3 Å². The molecule has 0 bridgehead atoms. The topological polar surface area (TPSA) is 107 Å². The molecule has 21 heavy (non-hydrogen) atoms. The van der Waals surface area contributed by atoms with Crippen LogP contribution < -0.4 is 5.73 Å². The summed E-state index contributed by atoms with van der Waals surface area (Å²) in [7, 11) is -2.97. The molecule has 8 heteroatoms. The Labute approximate surface area is 123 Å². The largest absolute Gasteiger partial charge is 0.384 e. The van der Waals surface area contributed by atoms with Crippen LogP contribution in [0.1, 0.15) is 31.4 Å². The molecule has 1 atom stereocenters. The highest BCUT2D eigenvalue weighted by Crippen LogP contribution is 2.32. The maximum absolute atomic E-state index is 11.7. The van der Waals surface area contributed by atoms with Crippen molar-refractivity contribution in [2.24, 2.45) is 0 Å². The van der Waals surface area contributed by atoms with E-state index in [1.54, 1.807) is 10.9 Å². The standard InChI is InChI=1S/C13H19N5O2S/c1-2-3-10-12(11-4-6-15-16-11)17-18(13(10)14)9-5-7-21(19,20)8-9/h4,6,9H,2-3,5,7-8,14H2,1H3,(H,15,16). The van der Waals surface area contributed by atoms with Gasteiger partial charge in [0.1, 0.15) is 11.5 Å². The average molecular weight is 309 g/mol. The molecule has 1 aliphatic heterocycles. The van der Waals surface area contributed by atoms with E-state index >= 15 is 0 Å². The molecular formula is C13H19N5O2S. The van der Waals surface area contributed by atoms with E-state index in [9.17, 15) is 8.42 Å². The van der Waals surface area contributed by atoms with Gasteiger partial charge in [0.25, 0.3) is 0 Å². The molecule has 1 saturated heterocycles. The number of anilines is 1. The number of aromatic nitrogens is 4. The van der Waals surface area contributed by atoms with Gasteiger partial charge in [0.2, 0.25) is 0 Å². The summed E-state index contributed by atoms with van der Waals surface area (Å²) in [6, 6.07) is 1.68. The first-order valence-corrected chi connectivity index (χ1v) is 8.91. The van der Waals surface area contributed by atoms with Crippen molar-refractivity contribution in [2.45, 2.75) is 32.2 Å². The minimum atomic E-state index is -2.97. The second-order valence-electron chi connectivity index (χ2n) is 5.43. The molecular weight excluding hydrogens is 290 g/mol. The highest BCUT2D eigenvalue weighted by atomic mass is 32.2.